The summed E-state index contributed by atoms with van der Waals surface area (Å²) in [5.74, 6) is 1.37. The van der Waals surface area contributed by atoms with E-state index in [1.807, 2.05) is 0 Å². The second kappa shape index (κ2) is 9.16. The van der Waals surface area contributed by atoms with E-state index < -0.39 is 15.9 Å². The lowest BCUT2D eigenvalue weighted by molar-refractivity contribution is 0.0944. The SMILES string of the molecule is CC(/C=C/S(C)(=O)=O)NC(=O)c1cnc(C2CCCC2)nc1C1CCCCC1. The Hall–Kier alpha value is -1.76. The maximum absolute atomic E-state index is 12.9. The van der Waals surface area contributed by atoms with Gasteiger partial charge in [0.15, 0.2) is 9.84 Å². The predicted molar refractivity (Wildman–Crippen MR) is 110 cm³/mol. The lowest BCUT2D eigenvalue weighted by Gasteiger charge is -2.24. The third-order valence-electron chi connectivity index (χ3n) is 5.77. The molecular formula is C21H31N3O3S. The molecule has 2 fully saturated rings. The van der Waals surface area contributed by atoms with E-state index in [4.69, 9.17) is 4.98 Å². The van der Waals surface area contributed by atoms with Crippen molar-refractivity contribution in [2.75, 3.05) is 6.26 Å². The third-order valence-corrected chi connectivity index (χ3v) is 6.42. The molecule has 7 heteroatoms. The van der Waals surface area contributed by atoms with Gasteiger partial charge < -0.3 is 5.32 Å². The molecule has 1 unspecified atom stereocenters. The molecular weight excluding hydrogens is 374 g/mol. The zero-order chi connectivity index (χ0) is 20.1. The van der Waals surface area contributed by atoms with Crippen LogP contribution in [-0.4, -0.2) is 36.6 Å². The lowest BCUT2D eigenvalue weighted by Crippen LogP contribution is -2.33. The topological polar surface area (TPSA) is 89.0 Å². The third kappa shape index (κ3) is 5.63. The summed E-state index contributed by atoms with van der Waals surface area (Å²) in [6.07, 6.45) is 14.7. The van der Waals surface area contributed by atoms with Crippen LogP contribution >= 0.6 is 0 Å². The first-order valence-electron chi connectivity index (χ1n) is 10.4. The highest BCUT2D eigenvalue weighted by atomic mass is 32.2. The molecule has 0 radical (unpaired) electrons. The maximum Gasteiger partial charge on any atom is 0.255 e. The summed E-state index contributed by atoms with van der Waals surface area (Å²) < 4.78 is 22.6. The predicted octanol–water partition coefficient (Wildman–Crippen LogP) is 3.86. The molecule has 1 heterocycles. The second-order valence-corrected chi connectivity index (χ2v) is 10.2. The monoisotopic (exact) mass is 405 g/mol. The Kier molecular flexibility index (Phi) is 6.86. The Morgan fingerprint density at radius 2 is 1.71 bits per heavy atom. The summed E-state index contributed by atoms with van der Waals surface area (Å²) >= 11 is 0. The molecule has 0 aromatic carbocycles. The Morgan fingerprint density at radius 1 is 1.11 bits per heavy atom. The van der Waals surface area contributed by atoms with Gasteiger partial charge in [-0.15, -0.1) is 0 Å². The maximum atomic E-state index is 12.9. The summed E-state index contributed by atoms with van der Waals surface area (Å²) in [6, 6.07) is -0.393. The van der Waals surface area contributed by atoms with Crippen molar-refractivity contribution < 1.29 is 13.2 Å². The Bertz CT molecular complexity index is 823. The van der Waals surface area contributed by atoms with Crippen LogP contribution in [0, 0.1) is 0 Å². The fourth-order valence-electron chi connectivity index (χ4n) is 4.25. The van der Waals surface area contributed by atoms with Gasteiger partial charge in [-0.2, -0.15) is 0 Å². The van der Waals surface area contributed by atoms with Crippen molar-refractivity contribution in [3.05, 3.63) is 34.8 Å². The zero-order valence-corrected chi connectivity index (χ0v) is 17.7. The van der Waals surface area contributed by atoms with Crippen molar-refractivity contribution in [1.29, 1.82) is 0 Å². The second-order valence-electron chi connectivity index (χ2n) is 8.26. The van der Waals surface area contributed by atoms with E-state index in [1.54, 1.807) is 13.1 Å². The van der Waals surface area contributed by atoms with Gasteiger partial charge in [-0.1, -0.05) is 38.2 Å². The molecule has 0 aliphatic heterocycles. The molecule has 2 aliphatic rings. The molecule has 2 aliphatic carbocycles. The molecule has 1 amide bonds. The van der Waals surface area contributed by atoms with E-state index in [0.717, 1.165) is 48.9 Å². The van der Waals surface area contributed by atoms with Gasteiger partial charge in [-0.3, -0.25) is 4.79 Å². The molecule has 1 aromatic rings. The molecule has 0 bridgehead atoms. The first kappa shape index (κ1) is 21.0. The van der Waals surface area contributed by atoms with Crippen LogP contribution in [0.5, 0.6) is 0 Å². The Morgan fingerprint density at radius 3 is 2.36 bits per heavy atom. The minimum Gasteiger partial charge on any atom is -0.346 e. The molecule has 3 rings (SSSR count). The largest absolute Gasteiger partial charge is 0.346 e. The van der Waals surface area contributed by atoms with E-state index in [0.29, 0.717) is 17.4 Å². The van der Waals surface area contributed by atoms with Crippen LogP contribution in [0.15, 0.2) is 17.7 Å². The van der Waals surface area contributed by atoms with Gasteiger partial charge in [0.2, 0.25) is 0 Å². The number of hydrogen-bond donors (Lipinski definition) is 1. The Balaban J connectivity index is 1.83. The Labute approximate surface area is 168 Å². The molecule has 28 heavy (non-hydrogen) atoms. The summed E-state index contributed by atoms with van der Waals surface area (Å²) in [5, 5.41) is 3.99. The van der Waals surface area contributed by atoms with Crippen molar-refractivity contribution in [2.45, 2.75) is 82.6 Å². The summed E-state index contributed by atoms with van der Waals surface area (Å²) in [5.41, 5.74) is 1.42. The quantitative estimate of drug-likeness (QED) is 0.776. The molecule has 0 saturated heterocycles. The van der Waals surface area contributed by atoms with Crippen molar-refractivity contribution in [2.24, 2.45) is 0 Å². The van der Waals surface area contributed by atoms with E-state index in [1.165, 1.54) is 38.2 Å². The zero-order valence-electron chi connectivity index (χ0n) is 16.9. The van der Waals surface area contributed by atoms with Crippen LogP contribution in [0.25, 0.3) is 0 Å². The van der Waals surface area contributed by atoms with Crippen molar-refractivity contribution in [1.82, 2.24) is 15.3 Å². The van der Waals surface area contributed by atoms with Crippen molar-refractivity contribution >= 4 is 15.7 Å². The number of hydrogen-bond acceptors (Lipinski definition) is 5. The first-order chi connectivity index (χ1) is 13.3. The number of carbonyl (C=O) groups excluding carboxylic acids is 1. The fraction of sp³-hybridized carbons (Fsp3) is 0.667. The highest BCUT2D eigenvalue weighted by Gasteiger charge is 2.27. The summed E-state index contributed by atoms with van der Waals surface area (Å²) in [6.45, 7) is 1.76. The van der Waals surface area contributed by atoms with E-state index in [-0.39, 0.29) is 5.91 Å². The van der Waals surface area contributed by atoms with Crippen LogP contribution in [0.1, 0.15) is 98.4 Å². The van der Waals surface area contributed by atoms with Gasteiger partial charge in [0.05, 0.1) is 11.3 Å². The minimum absolute atomic E-state index is 0.232. The van der Waals surface area contributed by atoms with Crippen LogP contribution in [0.3, 0.4) is 0 Å². The van der Waals surface area contributed by atoms with E-state index in [9.17, 15) is 13.2 Å². The number of nitrogens with zero attached hydrogens (tertiary/aromatic N) is 2. The summed E-state index contributed by atoms with van der Waals surface area (Å²) in [7, 11) is -3.22. The van der Waals surface area contributed by atoms with Crippen LogP contribution in [-0.2, 0) is 9.84 Å². The van der Waals surface area contributed by atoms with Crippen molar-refractivity contribution in [3.8, 4) is 0 Å². The average molecular weight is 406 g/mol. The molecule has 2 saturated carbocycles. The van der Waals surface area contributed by atoms with Crippen LogP contribution in [0.4, 0.5) is 0 Å². The fourth-order valence-corrected chi connectivity index (χ4v) is 4.77. The minimum atomic E-state index is -3.22. The molecule has 0 spiro atoms. The summed E-state index contributed by atoms with van der Waals surface area (Å²) in [4.78, 5) is 22.4. The van der Waals surface area contributed by atoms with Gasteiger partial charge in [0.1, 0.15) is 5.82 Å². The number of aromatic nitrogens is 2. The van der Waals surface area contributed by atoms with E-state index >= 15 is 0 Å². The standard InChI is InChI=1S/C21H31N3O3S/c1-15(12-13-28(2,26)27)23-21(25)18-14-22-20(17-10-6-7-11-17)24-19(18)16-8-4-3-5-9-16/h12-17H,3-11H2,1-2H3,(H,23,25)/b13-12+. The number of sulfone groups is 1. The number of amides is 1. The molecule has 154 valence electrons. The van der Waals surface area contributed by atoms with Gasteiger partial charge >= 0.3 is 0 Å². The van der Waals surface area contributed by atoms with Gasteiger partial charge in [-0.25, -0.2) is 18.4 Å². The van der Waals surface area contributed by atoms with Gasteiger partial charge in [0, 0.05) is 35.7 Å². The average Bonchev–Trinajstić information content (AvgIpc) is 3.21. The normalized spacial score (nSPS) is 20.5. The molecule has 1 atom stereocenters. The van der Waals surface area contributed by atoms with E-state index in [2.05, 4.69) is 10.3 Å². The van der Waals surface area contributed by atoms with Crippen molar-refractivity contribution in [3.63, 3.8) is 0 Å². The highest BCUT2D eigenvalue weighted by Crippen LogP contribution is 2.36. The van der Waals surface area contributed by atoms with Gasteiger partial charge in [0.25, 0.3) is 5.91 Å². The molecule has 6 nitrogen and oxygen atoms in total. The number of nitrogens with one attached hydrogen (secondary N) is 1. The molecule has 1 aromatic heterocycles. The van der Waals surface area contributed by atoms with Crippen LogP contribution < -0.4 is 5.32 Å². The molecule has 1 N–H and O–H groups in total. The smallest absolute Gasteiger partial charge is 0.255 e. The number of carbonyl (C=O) groups is 1. The van der Waals surface area contributed by atoms with Crippen LogP contribution in [0.2, 0.25) is 0 Å². The number of rotatable bonds is 6. The first-order valence-corrected chi connectivity index (χ1v) is 12.3. The lowest BCUT2D eigenvalue weighted by atomic mass is 9.85. The van der Waals surface area contributed by atoms with Gasteiger partial charge in [-0.05, 0) is 32.6 Å². The highest BCUT2D eigenvalue weighted by molar-refractivity contribution is 7.93.